The Morgan fingerprint density at radius 1 is 1.00 bits per heavy atom. The fraction of sp³-hybridized carbons (Fsp3) is 0.294. The summed E-state index contributed by atoms with van der Waals surface area (Å²) in [6.07, 6.45) is 0. The van der Waals surface area contributed by atoms with Crippen molar-refractivity contribution in [1.29, 1.82) is 0 Å². The van der Waals surface area contributed by atoms with Gasteiger partial charge in [0, 0.05) is 12.1 Å². The predicted molar refractivity (Wildman–Crippen MR) is 78.7 cm³/mol. The van der Waals surface area contributed by atoms with Crippen molar-refractivity contribution in [3.63, 3.8) is 0 Å². The molecule has 2 heteroatoms. The summed E-state index contributed by atoms with van der Waals surface area (Å²) in [5.74, 6) is -0.152. The fourth-order valence-electron chi connectivity index (χ4n) is 2.30. The van der Waals surface area contributed by atoms with Crippen LogP contribution in [0.1, 0.15) is 23.6 Å². The van der Waals surface area contributed by atoms with Crippen LogP contribution in [0.2, 0.25) is 0 Å². The van der Waals surface area contributed by atoms with Gasteiger partial charge >= 0.3 is 0 Å². The monoisotopic (exact) mass is 257 g/mol. The molecule has 0 aliphatic rings. The van der Waals surface area contributed by atoms with Gasteiger partial charge in [-0.05, 0) is 37.6 Å². The van der Waals surface area contributed by atoms with E-state index in [2.05, 4.69) is 11.4 Å². The minimum atomic E-state index is -0.152. The number of nitrogens with one attached hydrogen (secondary N) is 1. The molecular formula is C17H20FN. The lowest BCUT2D eigenvalue weighted by molar-refractivity contribution is 0.625. The average Bonchev–Trinajstić information content (AvgIpc) is 2.35. The summed E-state index contributed by atoms with van der Waals surface area (Å²) in [6, 6.07) is 11.6. The van der Waals surface area contributed by atoms with E-state index in [9.17, 15) is 4.39 Å². The normalized spacial score (nSPS) is 10.7. The number of benzene rings is 2. The van der Waals surface area contributed by atoms with Crippen molar-refractivity contribution in [3.8, 4) is 11.1 Å². The van der Waals surface area contributed by atoms with Crippen molar-refractivity contribution < 1.29 is 4.39 Å². The highest BCUT2D eigenvalue weighted by Crippen LogP contribution is 2.25. The zero-order chi connectivity index (χ0) is 13.8. The van der Waals surface area contributed by atoms with Gasteiger partial charge in [-0.1, -0.05) is 48.4 Å². The Morgan fingerprint density at radius 2 is 1.68 bits per heavy atom. The van der Waals surface area contributed by atoms with E-state index in [4.69, 9.17) is 0 Å². The largest absolute Gasteiger partial charge is 0.313 e. The van der Waals surface area contributed by atoms with Gasteiger partial charge in [-0.2, -0.15) is 0 Å². The molecule has 19 heavy (non-hydrogen) atoms. The molecule has 2 aromatic carbocycles. The van der Waals surface area contributed by atoms with Crippen LogP contribution >= 0.6 is 0 Å². The maximum Gasteiger partial charge on any atom is 0.131 e. The first kappa shape index (κ1) is 13.8. The molecule has 0 amide bonds. The van der Waals surface area contributed by atoms with Crippen molar-refractivity contribution in [2.45, 2.75) is 27.3 Å². The van der Waals surface area contributed by atoms with E-state index in [0.29, 0.717) is 12.1 Å². The Bertz CT molecular complexity index is 555. The summed E-state index contributed by atoms with van der Waals surface area (Å²) in [4.78, 5) is 0. The maximum atomic E-state index is 14.2. The lowest BCUT2D eigenvalue weighted by Gasteiger charge is -2.09. The third kappa shape index (κ3) is 3.42. The van der Waals surface area contributed by atoms with Gasteiger partial charge in [0.1, 0.15) is 5.82 Å². The molecule has 0 heterocycles. The highest BCUT2D eigenvalue weighted by molar-refractivity contribution is 5.66. The van der Waals surface area contributed by atoms with Crippen LogP contribution in [0.5, 0.6) is 0 Å². The van der Waals surface area contributed by atoms with Gasteiger partial charge in [0.05, 0.1) is 0 Å². The average molecular weight is 257 g/mol. The summed E-state index contributed by atoms with van der Waals surface area (Å²) < 4.78 is 14.2. The second-order valence-corrected chi connectivity index (χ2v) is 4.97. The minimum absolute atomic E-state index is 0.152. The molecule has 0 atom stereocenters. The highest BCUT2D eigenvalue weighted by Gasteiger charge is 2.07. The Labute approximate surface area is 114 Å². The SMILES string of the molecule is CCNCc1ccc(-c2cc(C)cc(C)c2)c(F)c1. The van der Waals surface area contributed by atoms with E-state index in [1.807, 2.05) is 45.0 Å². The van der Waals surface area contributed by atoms with E-state index < -0.39 is 0 Å². The summed E-state index contributed by atoms with van der Waals surface area (Å²) in [6.45, 7) is 7.71. The second-order valence-electron chi connectivity index (χ2n) is 4.97. The van der Waals surface area contributed by atoms with Gasteiger partial charge in [-0.25, -0.2) is 4.39 Å². The van der Waals surface area contributed by atoms with Crippen LogP contribution in [0.15, 0.2) is 36.4 Å². The molecular weight excluding hydrogens is 237 g/mol. The molecule has 0 saturated carbocycles. The molecule has 100 valence electrons. The highest BCUT2D eigenvalue weighted by atomic mass is 19.1. The van der Waals surface area contributed by atoms with Crippen LogP contribution in [0.25, 0.3) is 11.1 Å². The third-order valence-electron chi connectivity index (χ3n) is 3.15. The fourth-order valence-corrected chi connectivity index (χ4v) is 2.30. The predicted octanol–water partition coefficient (Wildman–Crippen LogP) is 4.22. The summed E-state index contributed by atoms with van der Waals surface area (Å²) in [5, 5.41) is 3.20. The molecule has 1 N–H and O–H groups in total. The molecule has 0 aromatic heterocycles. The van der Waals surface area contributed by atoms with Crippen LogP contribution in [0, 0.1) is 19.7 Å². The van der Waals surface area contributed by atoms with E-state index in [1.54, 1.807) is 6.07 Å². The summed E-state index contributed by atoms with van der Waals surface area (Å²) >= 11 is 0. The van der Waals surface area contributed by atoms with E-state index in [0.717, 1.165) is 28.8 Å². The molecule has 0 bridgehead atoms. The molecule has 0 radical (unpaired) electrons. The number of halogens is 1. The summed E-state index contributed by atoms with van der Waals surface area (Å²) in [7, 11) is 0. The molecule has 0 spiro atoms. The molecule has 0 fully saturated rings. The van der Waals surface area contributed by atoms with Crippen LogP contribution in [-0.2, 0) is 6.54 Å². The maximum absolute atomic E-state index is 14.2. The Hall–Kier alpha value is -1.67. The van der Waals surface area contributed by atoms with Crippen molar-refractivity contribution in [2.75, 3.05) is 6.54 Å². The lowest BCUT2D eigenvalue weighted by Crippen LogP contribution is -2.11. The van der Waals surface area contributed by atoms with Gasteiger partial charge in [-0.3, -0.25) is 0 Å². The first-order valence-electron chi connectivity index (χ1n) is 6.68. The topological polar surface area (TPSA) is 12.0 Å². The number of hydrogen-bond donors (Lipinski definition) is 1. The molecule has 2 rings (SSSR count). The summed E-state index contributed by atoms with van der Waals surface area (Å²) in [5.41, 5.74) is 4.92. The minimum Gasteiger partial charge on any atom is -0.313 e. The van der Waals surface area contributed by atoms with E-state index >= 15 is 0 Å². The molecule has 0 aliphatic heterocycles. The van der Waals surface area contributed by atoms with Gasteiger partial charge in [-0.15, -0.1) is 0 Å². The quantitative estimate of drug-likeness (QED) is 0.864. The molecule has 1 nitrogen and oxygen atoms in total. The van der Waals surface area contributed by atoms with Crippen LogP contribution in [0.3, 0.4) is 0 Å². The number of rotatable bonds is 4. The van der Waals surface area contributed by atoms with Gasteiger partial charge in [0.2, 0.25) is 0 Å². The first-order chi connectivity index (χ1) is 9.10. The number of aryl methyl sites for hydroxylation is 2. The Kier molecular flexibility index (Phi) is 4.33. The van der Waals surface area contributed by atoms with Gasteiger partial charge in [0.25, 0.3) is 0 Å². The first-order valence-corrected chi connectivity index (χ1v) is 6.68. The number of hydrogen-bond acceptors (Lipinski definition) is 1. The van der Waals surface area contributed by atoms with Crippen molar-refractivity contribution in [2.24, 2.45) is 0 Å². The zero-order valence-electron chi connectivity index (χ0n) is 11.8. The van der Waals surface area contributed by atoms with Crippen molar-refractivity contribution in [3.05, 3.63) is 58.9 Å². The van der Waals surface area contributed by atoms with E-state index in [-0.39, 0.29) is 5.82 Å². The third-order valence-corrected chi connectivity index (χ3v) is 3.15. The molecule has 2 aromatic rings. The van der Waals surface area contributed by atoms with Crippen molar-refractivity contribution >= 4 is 0 Å². The smallest absolute Gasteiger partial charge is 0.131 e. The van der Waals surface area contributed by atoms with Crippen LogP contribution in [0.4, 0.5) is 4.39 Å². The second kappa shape index (κ2) is 5.98. The van der Waals surface area contributed by atoms with Crippen molar-refractivity contribution in [1.82, 2.24) is 5.32 Å². The molecule has 0 unspecified atom stereocenters. The van der Waals surface area contributed by atoms with Crippen LogP contribution < -0.4 is 5.32 Å². The molecule has 0 saturated heterocycles. The van der Waals surface area contributed by atoms with Gasteiger partial charge < -0.3 is 5.32 Å². The standard InChI is InChI=1S/C17H20FN/c1-4-19-11-14-5-6-16(17(18)10-14)15-8-12(2)7-13(3)9-15/h5-10,19H,4,11H2,1-3H3. The van der Waals surface area contributed by atoms with Gasteiger partial charge in [0.15, 0.2) is 0 Å². The lowest BCUT2D eigenvalue weighted by atomic mass is 9.99. The van der Waals surface area contributed by atoms with Crippen LogP contribution in [-0.4, -0.2) is 6.54 Å². The van der Waals surface area contributed by atoms with E-state index in [1.165, 1.54) is 0 Å². The Morgan fingerprint density at radius 3 is 2.26 bits per heavy atom. The molecule has 0 aliphatic carbocycles. The zero-order valence-corrected chi connectivity index (χ0v) is 11.8. The Balaban J connectivity index is 2.34.